The van der Waals surface area contributed by atoms with Crippen molar-refractivity contribution in [3.8, 4) is 0 Å². The third kappa shape index (κ3) is 4.54. The van der Waals surface area contributed by atoms with Gasteiger partial charge in [0.05, 0.1) is 0 Å². The highest BCUT2D eigenvalue weighted by atomic mass is 32.2. The minimum absolute atomic E-state index is 0.105. The molecule has 1 unspecified atom stereocenters. The molecule has 0 spiro atoms. The summed E-state index contributed by atoms with van der Waals surface area (Å²) in [7, 11) is -3.87. The molecule has 2 amide bonds. The predicted octanol–water partition coefficient (Wildman–Crippen LogP) is 2.33. The van der Waals surface area contributed by atoms with Crippen LogP contribution in [0.1, 0.15) is 18.1 Å². The maximum Gasteiger partial charge on any atom is 0.242 e. The van der Waals surface area contributed by atoms with Crippen LogP contribution < -0.4 is 10.2 Å². The average Bonchev–Trinajstić information content (AvgIpc) is 2.91. The van der Waals surface area contributed by atoms with Gasteiger partial charge in [0, 0.05) is 17.4 Å². The lowest BCUT2D eigenvalue weighted by Gasteiger charge is -2.22. The fourth-order valence-electron chi connectivity index (χ4n) is 3.29. The number of amides is 2. The van der Waals surface area contributed by atoms with E-state index in [-0.39, 0.29) is 6.04 Å². The Labute approximate surface area is 159 Å². The second-order valence-corrected chi connectivity index (χ2v) is 8.96. The van der Waals surface area contributed by atoms with E-state index in [1.807, 2.05) is 50.2 Å². The Hall–Kier alpha value is -2.67. The first-order valence-corrected chi connectivity index (χ1v) is 10.5. The molecule has 1 N–H and O–H groups in total. The second-order valence-electron chi connectivity index (χ2n) is 6.89. The van der Waals surface area contributed by atoms with Gasteiger partial charge in [-0.1, -0.05) is 35.9 Å². The Morgan fingerprint density at radius 2 is 1.74 bits per heavy atom. The van der Waals surface area contributed by atoms with Crippen molar-refractivity contribution in [1.29, 1.82) is 0 Å². The number of carbonyl (C=O) groups is 2. The zero-order valence-corrected chi connectivity index (χ0v) is 16.1. The summed E-state index contributed by atoms with van der Waals surface area (Å²) in [6, 6.07) is 14.4. The number of carbonyl (C=O) groups excluding carboxylic acids is 2. The van der Waals surface area contributed by atoms with Gasteiger partial charge in [0.1, 0.15) is 11.5 Å². The van der Waals surface area contributed by atoms with Crippen LogP contribution in [0.4, 0.5) is 11.4 Å². The number of rotatable bonds is 5. The molecule has 2 aromatic rings. The summed E-state index contributed by atoms with van der Waals surface area (Å²) in [6.07, 6.45) is 0.690. The maximum atomic E-state index is 12.6. The minimum Gasteiger partial charge on any atom is -0.325 e. The highest BCUT2D eigenvalue weighted by Crippen LogP contribution is 2.31. The third-order valence-electron chi connectivity index (χ3n) is 4.51. The molecule has 1 heterocycles. The second kappa shape index (κ2) is 7.52. The quantitative estimate of drug-likeness (QED) is 0.855. The highest BCUT2D eigenvalue weighted by Gasteiger charge is 2.33. The molecule has 0 aromatic heterocycles. The molecule has 27 heavy (non-hydrogen) atoms. The molecule has 0 bridgehead atoms. The molecule has 1 aliphatic heterocycles. The van der Waals surface area contributed by atoms with Crippen LogP contribution >= 0.6 is 0 Å². The number of hydrogen-bond acceptors (Lipinski definition) is 4. The number of para-hydroxylation sites is 1. The van der Waals surface area contributed by atoms with Gasteiger partial charge in [0.25, 0.3) is 0 Å². The standard InChI is InChI=1S/C20H22N2O4S/c1-14-7-9-17(10-8-14)21-19(23)12-27(25,26)13-20(24)22-15(2)11-16-5-3-4-6-18(16)22/h3-10,15H,11-13H2,1-2H3,(H,21,23). The number of nitrogens with zero attached hydrogens (tertiary/aromatic N) is 1. The molecule has 142 valence electrons. The molecular formula is C20H22N2O4S. The fraction of sp³-hybridized carbons (Fsp3) is 0.300. The van der Waals surface area contributed by atoms with Crippen molar-refractivity contribution in [3.05, 3.63) is 59.7 Å². The van der Waals surface area contributed by atoms with Crippen LogP contribution in [0.15, 0.2) is 48.5 Å². The number of aryl methyl sites for hydroxylation is 1. The summed E-state index contributed by atoms with van der Waals surface area (Å²) in [5, 5.41) is 2.55. The summed E-state index contributed by atoms with van der Waals surface area (Å²) in [6.45, 7) is 3.80. The van der Waals surface area contributed by atoms with Crippen molar-refractivity contribution in [2.45, 2.75) is 26.3 Å². The van der Waals surface area contributed by atoms with Crippen LogP contribution in [-0.4, -0.2) is 37.8 Å². The van der Waals surface area contributed by atoms with E-state index in [0.29, 0.717) is 12.1 Å². The van der Waals surface area contributed by atoms with E-state index in [1.54, 1.807) is 12.1 Å². The lowest BCUT2D eigenvalue weighted by Crippen LogP contribution is -2.41. The normalized spacial score (nSPS) is 16.1. The van der Waals surface area contributed by atoms with E-state index >= 15 is 0 Å². The first-order chi connectivity index (χ1) is 12.7. The fourth-order valence-corrected chi connectivity index (χ4v) is 4.38. The predicted molar refractivity (Wildman–Crippen MR) is 106 cm³/mol. The molecule has 2 aromatic carbocycles. The highest BCUT2D eigenvalue weighted by molar-refractivity contribution is 7.92. The van der Waals surface area contributed by atoms with Crippen molar-refractivity contribution in [1.82, 2.24) is 0 Å². The zero-order valence-electron chi connectivity index (χ0n) is 15.3. The SMILES string of the molecule is Cc1ccc(NC(=O)CS(=O)(=O)CC(=O)N2c3ccccc3CC2C)cc1. The van der Waals surface area contributed by atoms with E-state index < -0.39 is 33.2 Å². The largest absolute Gasteiger partial charge is 0.325 e. The van der Waals surface area contributed by atoms with E-state index in [9.17, 15) is 18.0 Å². The maximum absolute atomic E-state index is 12.6. The van der Waals surface area contributed by atoms with E-state index in [4.69, 9.17) is 0 Å². The van der Waals surface area contributed by atoms with Crippen LogP contribution in [0.2, 0.25) is 0 Å². The minimum atomic E-state index is -3.87. The van der Waals surface area contributed by atoms with Gasteiger partial charge >= 0.3 is 0 Å². The molecule has 1 atom stereocenters. The van der Waals surface area contributed by atoms with Crippen LogP contribution in [0.5, 0.6) is 0 Å². The molecule has 0 radical (unpaired) electrons. The third-order valence-corrected chi connectivity index (χ3v) is 5.89. The van der Waals surface area contributed by atoms with Gasteiger partial charge in [0.15, 0.2) is 9.84 Å². The summed E-state index contributed by atoms with van der Waals surface area (Å²) < 4.78 is 24.7. The van der Waals surface area contributed by atoms with Crippen LogP contribution in [0.25, 0.3) is 0 Å². The lowest BCUT2D eigenvalue weighted by atomic mass is 10.1. The molecule has 1 aliphatic rings. The molecule has 7 heteroatoms. The van der Waals surface area contributed by atoms with Crippen molar-refractivity contribution in [2.75, 3.05) is 21.7 Å². The molecule has 0 fully saturated rings. The number of fused-ring (bicyclic) bond motifs is 1. The number of anilines is 2. The number of hydrogen-bond donors (Lipinski definition) is 1. The van der Waals surface area contributed by atoms with Gasteiger partial charge in [-0.2, -0.15) is 0 Å². The Bertz CT molecular complexity index is 968. The number of sulfone groups is 1. The summed E-state index contributed by atoms with van der Waals surface area (Å²) in [5.74, 6) is -2.57. The van der Waals surface area contributed by atoms with Gasteiger partial charge < -0.3 is 10.2 Å². The molecule has 3 rings (SSSR count). The van der Waals surface area contributed by atoms with Gasteiger partial charge in [-0.15, -0.1) is 0 Å². The Morgan fingerprint density at radius 3 is 2.44 bits per heavy atom. The Morgan fingerprint density at radius 1 is 1.07 bits per heavy atom. The molecule has 0 saturated carbocycles. The summed E-state index contributed by atoms with van der Waals surface area (Å²) in [5.41, 5.74) is 3.32. The van der Waals surface area contributed by atoms with Crippen molar-refractivity contribution in [2.24, 2.45) is 0 Å². The number of benzene rings is 2. The van der Waals surface area contributed by atoms with Crippen LogP contribution in [0, 0.1) is 6.92 Å². The van der Waals surface area contributed by atoms with Gasteiger partial charge in [-0.05, 0) is 44.0 Å². The van der Waals surface area contributed by atoms with E-state index in [2.05, 4.69) is 5.32 Å². The first kappa shape index (κ1) is 19.1. The van der Waals surface area contributed by atoms with Crippen molar-refractivity contribution in [3.63, 3.8) is 0 Å². The van der Waals surface area contributed by atoms with E-state index in [1.165, 1.54) is 4.90 Å². The first-order valence-electron chi connectivity index (χ1n) is 8.72. The van der Waals surface area contributed by atoms with Gasteiger partial charge in [-0.25, -0.2) is 8.42 Å². The Balaban J connectivity index is 1.64. The van der Waals surface area contributed by atoms with Gasteiger partial charge in [0.2, 0.25) is 11.8 Å². The van der Waals surface area contributed by atoms with Crippen LogP contribution in [-0.2, 0) is 25.8 Å². The lowest BCUT2D eigenvalue weighted by molar-refractivity contribution is -0.116. The van der Waals surface area contributed by atoms with Crippen molar-refractivity contribution < 1.29 is 18.0 Å². The smallest absolute Gasteiger partial charge is 0.242 e. The summed E-state index contributed by atoms with van der Waals surface area (Å²) >= 11 is 0. The molecular weight excluding hydrogens is 364 g/mol. The molecule has 6 nitrogen and oxygen atoms in total. The summed E-state index contributed by atoms with van der Waals surface area (Å²) in [4.78, 5) is 26.2. The monoisotopic (exact) mass is 386 g/mol. The average molecular weight is 386 g/mol. The van der Waals surface area contributed by atoms with Crippen molar-refractivity contribution >= 4 is 33.0 Å². The van der Waals surface area contributed by atoms with E-state index in [0.717, 1.165) is 16.8 Å². The number of nitrogens with one attached hydrogen (secondary N) is 1. The van der Waals surface area contributed by atoms with Crippen LogP contribution in [0.3, 0.4) is 0 Å². The Kier molecular flexibility index (Phi) is 5.32. The molecule has 0 saturated heterocycles. The zero-order chi connectivity index (χ0) is 19.6. The molecule has 0 aliphatic carbocycles. The van der Waals surface area contributed by atoms with Gasteiger partial charge in [-0.3, -0.25) is 9.59 Å². The topological polar surface area (TPSA) is 83.5 Å².